The Morgan fingerprint density at radius 1 is 1.42 bits per heavy atom. The van der Waals surface area contributed by atoms with Crippen LogP contribution in [0.3, 0.4) is 0 Å². The third-order valence-electron chi connectivity index (χ3n) is 1.90. The van der Waals surface area contributed by atoms with Gasteiger partial charge in [0.1, 0.15) is 0 Å². The zero-order valence-corrected chi connectivity index (χ0v) is 6.60. The second-order valence-corrected chi connectivity index (χ2v) is 2.71. The first kappa shape index (κ1) is 7.21. The number of carbonyl (C=O) groups excluding carboxylic acids is 1. The molecule has 4 heteroatoms. The van der Waals surface area contributed by atoms with E-state index in [0.717, 1.165) is 13.0 Å². The molecule has 0 aliphatic carbocycles. The second-order valence-electron chi connectivity index (χ2n) is 2.71. The van der Waals surface area contributed by atoms with Crippen molar-refractivity contribution in [1.82, 2.24) is 9.97 Å². The molecule has 2 rings (SSSR count). The van der Waals surface area contributed by atoms with Gasteiger partial charge in [0.25, 0.3) is 0 Å². The molecule has 4 nitrogen and oxygen atoms in total. The van der Waals surface area contributed by atoms with Crippen LogP contribution >= 0.6 is 0 Å². The normalized spacial score (nSPS) is 17.0. The largest absolute Gasteiger partial charge is 0.296 e. The van der Waals surface area contributed by atoms with E-state index in [9.17, 15) is 4.79 Å². The summed E-state index contributed by atoms with van der Waals surface area (Å²) in [5.41, 5.74) is 0. The van der Waals surface area contributed by atoms with E-state index in [4.69, 9.17) is 0 Å². The van der Waals surface area contributed by atoms with E-state index < -0.39 is 0 Å². The summed E-state index contributed by atoms with van der Waals surface area (Å²) in [5, 5.41) is 0. The third-order valence-corrected chi connectivity index (χ3v) is 1.90. The number of amides is 1. The Morgan fingerprint density at radius 2 is 2.33 bits per heavy atom. The molecule has 1 fully saturated rings. The Kier molecular flexibility index (Phi) is 1.74. The van der Waals surface area contributed by atoms with Crippen LogP contribution in [0.25, 0.3) is 0 Å². The molecule has 1 aromatic rings. The van der Waals surface area contributed by atoms with Crippen molar-refractivity contribution in [2.75, 3.05) is 11.4 Å². The first-order valence-electron chi connectivity index (χ1n) is 3.94. The fourth-order valence-corrected chi connectivity index (χ4v) is 1.32. The lowest BCUT2D eigenvalue weighted by molar-refractivity contribution is -0.117. The highest BCUT2D eigenvalue weighted by atomic mass is 16.2. The van der Waals surface area contributed by atoms with Crippen molar-refractivity contribution in [3.63, 3.8) is 0 Å². The minimum absolute atomic E-state index is 0.149. The minimum atomic E-state index is 0.149. The molecule has 1 amide bonds. The second kappa shape index (κ2) is 2.89. The van der Waals surface area contributed by atoms with Gasteiger partial charge in [0.05, 0.1) is 6.20 Å². The van der Waals surface area contributed by atoms with Gasteiger partial charge in [-0.25, -0.2) is 4.98 Å². The average molecular weight is 163 g/mol. The molecule has 1 saturated heterocycles. The number of hydrogen-bond donors (Lipinski definition) is 0. The maximum absolute atomic E-state index is 11.2. The van der Waals surface area contributed by atoms with Crippen molar-refractivity contribution < 1.29 is 4.79 Å². The van der Waals surface area contributed by atoms with E-state index in [-0.39, 0.29) is 5.91 Å². The molecular weight excluding hydrogens is 154 g/mol. The molecule has 0 saturated carbocycles. The maximum Gasteiger partial charge on any atom is 0.228 e. The van der Waals surface area contributed by atoms with E-state index in [1.807, 2.05) is 0 Å². The first-order chi connectivity index (χ1) is 5.88. The SMILES string of the molecule is O=C1CCCN1c1cnccn1. The van der Waals surface area contributed by atoms with Gasteiger partial charge in [-0.05, 0) is 6.42 Å². The number of hydrogen-bond acceptors (Lipinski definition) is 3. The van der Waals surface area contributed by atoms with Crippen LogP contribution < -0.4 is 4.90 Å². The molecule has 2 heterocycles. The molecule has 0 radical (unpaired) electrons. The van der Waals surface area contributed by atoms with Gasteiger partial charge in [0.2, 0.25) is 5.91 Å². The molecule has 62 valence electrons. The van der Waals surface area contributed by atoms with Crippen molar-refractivity contribution in [2.24, 2.45) is 0 Å². The molecule has 0 N–H and O–H groups in total. The summed E-state index contributed by atoms with van der Waals surface area (Å²) in [6.45, 7) is 0.775. The Balaban J connectivity index is 2.25. The zero-order valence-electron chi connectivity index (χ0n) is 6.60. The molecule has 0 spiro atoms. The van der Waals surface area contributed by atoms with Crippen LogP contribution in [0, 0.1) is 0 Å². The van der Waals surface area contributed by atoms with Crippen LogP contribution in [0.5, 0.6) is 0 Å². The van der Waals surface area contributed by atoms with Gasteiger partial charge in [0.15, 0.2) is 5.82 Å². The molecule has 1 aliphatic heterocycles. The summed E-state index contributed by atoms with van der Waals surface area (Å²) in [6, 6.07) is 0. The smallest absolute Gasteiger partial charge is 0.228 e. The van der Waals surface area contributed by atoms with E-state index in [0.29, 0.717) is 12.2 Å². The van der Waals surface area contributed by atoms with Crippen molar-refractivity contribution in [3.05, 3.63) is 18.6 Å². The third kappa shape index (κ3) is 1.15. The topological polar surface area (TPSA) is 46.1 Å². The van der Waals surface area contributed by atoms with Crippen LogP contribution in [0.1, 0.15) is 12.8 Å². The number of nitrogens with zero attached hydrogens (tertiary/aromatic N) is 3. The van der Waals surface area contributed by atoms with Gasteiger partial charge in [-0.15, -0.1) is 0 Å². The quantitative estimate of drug-likeness (QED) is 0.609. The molecule has 0 unspecified atom stereocenters. The summed E-state index contributed by atoms with van der Waals surface area (Å²) >= 11 is 0. The van der Waals surface area contributed by atoms with Crippen molar-refractivity contribution in [2.45, 2.75) is 12.8 Å². The fourth-order valence-electron chi connectivity index (χ4n) is 1.32. The summed E-state index contributed by atoms with van der Waals surface area (Å²) in [7, 11) is 0. The van der Waals surface area contributed by atoms with Gasteiger partial charge in [-0.2, -0.15) is 0 Å². The molecule has 0 bridgehead atoms. The Labute approximate surface area is 70.2 Å². The van der Waals surface area contributed by atoms with Crippen molar-refractivity contribution in [1.29, 1.82) is 0 Å². The first-order valence-corrected chi connectivity index (χ1v) is 3.94. The fraction of sp³-hybridized carbons (Fsp3) is 0.375. The lowest BCUT2D eigenvalue weighted by atomic mass is 10.4. The minimum Gasteiger partial charge on any atom is -0.296 e. The summed E-state index contributed by atoms with van der Waals surface area (Å²) < 4.78 is 0. The van der Waals surface area contributed by atoms with Crippen LogP contribution in [-0.4, -0.2) is 22.4 Å². The summed E-state index contributed by atoms with van der Waals surface area (Å²) in [4.78, 5) is 20.9. The highest BCUT2D eigenvalue weighted by molar-refractivity contribution is 5.94. The lowest BCUT2D eigenvalue weighted by Crippen LogP contribution is -2.24. The van der Waals surface area contributed by atoms with Crippen molar-refractivity contribution in [3.8, 4) is 0 Å². The highest BCUT2D eigenvalue weighted by Crippen LogP contribution is 2.16. The van der Waals surface area contributed by atoms with Gasteiger partial charge < -0.3 is 0 Å². The number of anilines is 1. The van der Waals surface area contributed by atoms with E-state index >= 15 is 0 Å². The summed E-state index contributed by atoms with van der Waals surface area (Å²) in [6.07, 6.45) is 6.38. The molecule has 12 heavy (non-hydrogen) atoms. The average Bonchev–Trinajstić information content (AvgIpc) is 2.53. The predicted molar refractivity (Wildman–Crippen MR) is 43.6 cm³/mol. The van der Waals surface area contributed by atoms with E-state index in [1.165, 1.54) is 0 Å². The van der Waals surface area contributed by atoms with Crippen molar-refractivity contribution >= 4 is 11.7 Å². The van der Waals surface area contributed by atoms with Crippen LogP contribution in [0.2, 0.25) is 0 Å². The Morgan fingerprint density at radius 3 is 2.92 bits per heavy atom. The van der Waals surface area contributed by atoms with Gasteiger partial charge >= 0.3 is 0 Å². The predicted octanol–water partition coefficient (Wildman–Crippen LogP) is 0.603. The standard InChI is InChI=1S/C8H9N3O/c12-8-2-1-5-11(8)7-6-9-3-4-10-7/h3-4,6H,1-2,5H2. The van der Waals surface area contributed by atoms with Crippen LogP contribution in [0.4, 0.5) is 5.82 Å². The maximum atomic E-state index is 11.2. The zero-order chi connectivity index (χ0) is 8.39. The van der Waals surface area contributed by atoms with Crippen LogP contribution in [-0.2, 0) is 4.79 Å². The Bertz CT molecular complexity index is 286. The van der Waals surface area contributed by atoms with Crippen LogP contribution in [0.15, 0.2) is 18.6 Å². The van der Waals surface area contributed by atoms with E-state index in [1.54, 1.807) is 23.5 Å². The van der Waals surface area contributed by atoms with Gasteiger partial charge in [0, 0.05) is 25.4 Å². The molecule has 0 atom stereocenters. The van der Waals surface area contributed by atoms with Gasteiger partial charge in [-0.1, -0.05) is 0 Å². The summed E-state index contributed by atoms with van der Waals surface area (Å²) in [5.74, 6) is 0.815. The molecule has 0 aromatic carbocycles. The van der Waals surface area contributed by atoms with E-state index in [2.05, 4.69) is 9.97 Å². The lowest BCUT2D eigenvalue weighted by Gasteiger charge is -2.12. The number of aromatic nitrogens is 2. The Hall–Kier alpha value is -1.45. The van der Waals surface area contributed by atoms with Gasteiger partial charge in [-0.3, -0.25) is 14.7 Å². The molecular formula is C8H9N3O. The highest BCUT2D eigenvalue weighted by Gasteiger charge is 2.22. The number of carbonyl (C=O) groups is 1. The molecule has 1 aromatic heterocycles. The number of rotatable bonds is 1. The molecule has 1 aliphatic rings. The monoisotopic (exact) mass is 163 g/mol.